The van der Waals surface area contributed by atoms with Gasteiger partial charge in [0, 0.05) is 43.3 Å². The Hall–Kier alpha value is -1.14. The Morgan fingerprint density at radius 3 is 2.50 bits per heavy atom. The third-order valence-electron chi connectivity index (χ3n) is 3.43. The van der Waals surface area contributed by atoms with Crippen molar-refractivity contribution in [3.8, 4) is 0 Å². The van der Waals surface area contributed by atoms with Gasteiger partial charge in [-0.1, -0.05) is 0 Å². The monoisotopic (exact) mass is 296 g/mol. The summed E-state index contributed by atoms with van der Waals surface area (Å²) in [4.78, 5) is 21.1. The number of hydrogen-bond acceptors (Lipinski definition) is 5. The van der Waals surface area contributed by atoms with Crippen LogP contribution in [0.4, 0.5) is 5.13 Å². The number of anilines is 1. The molecule has 1 atom stereocenters. The summed E-state index contributed by atoms with van der Waals surface area (Å²) in [6.07, 6.45) is 1.84. The minimum atomic E-state index is -0.173. The van der Waals surface area contributed by atoms with Crippen LogP contribution in [0.25, 0.3) is 0 Å². The van der Waals surface area contributed by atoms with Gasteiger partial charge >= 0.3 is 0 Å². The van der Waals surface area contributed by atoms with Crippen molar-refractivity contribution in [2.24, 2.45) is 0 Å². The van der Waals surface area contributed by atoms with E-state index < -0.39 is 0 Å². The molecule has 20 heavy (non-hydrogen) atoms. The lowest BCUT2D eigenvalue weighted by molar-refractivity contribution is -0.127. The van der Waals surface area contributed by atoms with E-state index >= 15 is 0 Å². The van der Waals surface area contributed by atoms with Crippen LogP contribution in [0.2, 0.25) is 0 Å². The van der Waals surface area contributed by atoms with Gasteiger partial charge in [-0.15, -0.1) is 11.3 Å². The Bertz CT molecular complexity index is 433. The number of nitrogens with zero attached hydrogens (tertiary/aromatic N) is 3. The first-order chi connectivity index (χ1) is 9.37. The van der Waals surface area contributed by atoms with Gasteiger partial charge in [-0.3, -0.25) is 9.69 Å². The lowest BCUT2D eigenvalue weighted by Crippen LogP contribution is -2.56. The number of piperazine rings is 1. The molecule has 1 aromatic heterocycles. The van der Waals surface area contributed by atoms with Crippen LogP contribution >= 0.6 is 11.3 Å². The summed E-state index contributed by atoms with van der Waals surface area (Å²) in [5, 5.41) is 6.13. The molecule has 1 fully saturated rings. The fourth-order valence-electron chi connectivity index (χ4n) is 2.31. The molecule has 0 unspecified atom stereocenters. The summed E-state index contributed by atoms with van der Waals surface area (Å²) < 4.78 is 0. The summed E-state index contributed by atoms with van der Waals surface area (Å²) in [5.41, 5.74) is -0.173. The fraction of sp³-hybridized carbons (Fsp3) is 0.714. The molecule has 0 aromatic carbocycles. The second-order valence-corrected chi connectivity index (χ2v) is 7.13. The van der Waals surface area contributed by atoms with E-state index in [-0.39, 0.29) is 17.5 Å². The molecule has 1 aromatic rings. The molecule has 6 heteroatoms. The van der Waals surface area contributed by atoms with E-state index in [1.807, 2.05) is 39.3 Å². The predicted molar refractivity (Wildman–Crippen MR) is 83.3 cm³/mol. The Labute approximate surface area is 125 Å². The minimum Gasteiger partial charge on any atom is -0.350 e. The van der Waals surface area contributed by atoms with Gasteiger partial charge in [0.05, 0.1) is 6.04 Å². The van der Waals surface area contributed by atoms with Gasteiger partial charge in [-0.05, 0) is 27.7 Å². The maximum atomic E-state index is 12.2. The van der Waals surface area contributed by atoms with Crippen molar-refractivity contribution in [2.45, 2.75) is 39.3 Å². The molecule has 112 valence electrons. The summed E-state index contributed by atoms with van der Waals surface area (Å²) in [6.45, 7) is 11.7. The van der Waals surface area contributed by atoms with Gasteiger partial charge in [0.1, 0.15) is 0 Å². The molecule has 0 bridgehead atoms. The SMILES string of the molecule is C[C@H](C(=O)NC(C)(C)C)N1CCN(c2nccs2)CC1. The van der Waals surface area contributed by atoms with E-state index in [1.54, 1.807) is 11.3 Å². The van der Waals surface area contributed by atoms with Crippen molar-refractivity contribution >= 4 is 22.4 Å². The van der Waals surface area contributed by atoms with Gasteiger partial charge < -0.3 is 10.2 Å². The van der Waals surface area contributed by atoms with E-state index in [0.717, 1.165) is 31.3 Å². The number of thiazole rings is 1. The molecule has 1 aliphatic rings. The second-order valence-electron chi connectivity index (χ2n) is 6.25. The summed E-state index contributed by atoms with van der Waals surface area (Å²) >= 11 is 1.67. The van der Waals surface area contributed by atoms with Crippen LogP contribution < -0.4 is 10.2 Å². The molecule has 0 saturated carbocycles. The first kappa shape index (κ1) is 15.3. The van der Waals surface area contributed by atoms with Crippen LogP contribution in [0.15, 0.2) is 11.6 Å². The van der Waals surface area contributed by atoms with Gasteiger partial charge in [0.15, 0.2) is 5.13 Å². The van der Waals surface area contributed by atoms with Crippen LogP contribution in [-0.2, 0) is 4.79 Å². The molecule has 1 N–H and O–H groups in total. The van der Waals surface area contributed by atoms with E-state index in [4.69, 9.17) is 0 Å². The van der Waals surface area contributed by atoms with Crippen molar-refractivity contribution in [1.29, 1.82) is 0 Å². The van der Waals surface area contributed by atoms with Gasteiger partial charge in [-0.2, -0.15) is 0 Å². The average Bonchev–Trinajstić information content (AvgIpc) is 2.90. The molecular weight excluding hydrogens is 272 g/mol. The number of amides is 1. The van der Waals surface area contributed by atoms with Gasteiger partial charge in [-0.25, -0.2) is 4.98 Å². The summed E-state index contributed by atoms with van der Waals surface area (Å²) in [7, 11) is 0. The standard InChI is InChI=1S/C14H24N4OS/c1-11(12(19)16-14(2,3)4)17-6-8-18(9-7-17)13-15-5-10-20-13/h5,10-11H,6-9H2,1-4H3,(H,16,19)/t11-/m1/s1. The number of nitrogens with one attached hydrogen (secondary N) is 1. The zero-order valence-electron chi connectivity index (χ0n) is 12.7. The molecule has 0 aliphatic carbocycles. The molecule has 1 saturated heterocycles. The van der Waals surface area contributed by atoms with E-state index in [1.165, 1.54) is 0 Å². The number of aromatic nitrogens is 1. The molecule has 5 nitrogen and oxygen atoms in total. The van der Waals surface area contributed by atoms with Crippen molar-refractivity contribution in [3.63, 3.8) is 0 Å². The molecule has 1 aliphatic heterocycles. The quantitative estimate of drug-likeness (QED) is 0.920. The lowest BCUT2D eigenvalue weighted by atomic mass is 10.1. The van der Waals surface area contributed by atoms with Gasteiger partial charge in [0.2, 0.25) is 5.91 Å². The average molecular weight is 296 g/mol. The van der Waals surface area contributed by atoms with E-state index in [0.29, 0.717) is 0 Å². The Morgan fingerprint density at radius 1 is 1.35 bits per heavy atom. The minimum absolute atomic E-state index is 0.0762. The highest BCUT2D eigenvalue weighted by atomic mass is 32.1. The normalized spacial score (nSPS) is 18.9. The fourth-order valence-corrected chi connectivity index (χ4v) is 3.01. The van der Waals surface area contributed by atoms with E-state index in [9.17, 15) is 4.79 Å². The van der Waals surface area contributed by atoms with Crippen LogP contribution in [0, 0.1) is 0 Å². The van der Waals surface area contributed by atoms with E-state index in [2.05, 4.69) is 20.1 Å². The summed E-state index contributed by atoms with van der Waals surface area (Å²) in [5.74, 6) is 0.111. The Balaban J connectivity index is 1.85. The predicted octanol–water partition coefficient (Wildman–Crippen LogP) is 1.57. The number of carbonyl (C=O) groups excluding carboxylic acids is 1. The number of rotatable bonds is 3. The van der Waals surface area contributed by atoms with Crippen LogP contribution in [0.3, 0.4) is 0 Å². The highest BCUT2D eigenvalue weighted by molar-refractivity contribution is 7.13. The second kappa shape index (κ2) is 6.10. The first-order valence-electron chi connectivity index (χ1n) is 7.07. The maximum Gasteiger partial charge on any atom is 0.237 e. The molecule has 0 radical (unpaired) electrons. The Morgan fingerprint density at radius 2 is 2.00 bits per heavy atom. The number of hydrogen-bond donors (Lipinski definition) is 1. The van der Waals surface area contributed by atoms with Crippen LogP contribution in [0.5, 0.6) is 0 Å². The third kappa shape index (κ3) is 3.93. The third-order valence-corrected chi connectivity index (χ3v) is 4.26. The lowest BCUT2D eigenvalue weighted by Gasteiger charge is -2.38. The van der Waals surface area contributed by atoms with Gasteiger partial charge in [0.25, 0.3) is 0 Å². The highest BCUT2D eigenvalue weighted by Gasteiger charge is 2.28. The van der Waals surface area contributed by atoms with Crippen molar-refractivity contribution in [2.75, 3.05) is 31.1 Å². The topological polar surface area (TPSA) is 48.5 Å². The maximum absolute atomic E-state index is 12.2. The first-order valence-corrected chi connectivity index (χ1v) is 7.95. The zero-order chi connectivity index (χ0) is 14.8. The molecule has 1 amide bonds. The van der Waals surface area contributed by atoms with Crippen molar-refractivity contribution in [3.05, 3.63) is 11.6 Å². The molecule has 2 heterocycles. The van der Waals surface area contributed by atoms with Crippen LogP contribution in [0.1, 0.15) is 27.7 Å². The van der Waals surface area contributed by atoms with Crippen molar-refractivity contribution < 1.29 is 4.79 Å². The zero-order valence-corrected chi connectivity index (χ0v) is 13.5. The smallest absolute Gasteiger partial charge is 0.237 e. The molecule has 2 rings (SSSR count). The molecular formula is C14H24N4OS. The Kier molecular flexibility index (Phi) is 4.65. The highest BCUT2D eigenvalue weighted by Crippen LogP contribution is 2.19. The van der Waals surface area contributed by atoms with Crippen LogP contribution in [-0.4, -0.2) is 53.6 Å². The number of carbonyl (C=O) groups is 1. The largest absolute Gasteiger partial charge is 0.350 e. The summed E-state index contributed by atoms with van der Waals surface area (Å²) in [6, 6.07) is -0.0762. The molecule has 0 spiro atoms. The van der Waals surface area contributed by atoms with Crippen molar-refractivity contribution in [1.82, 2.24) is 15.2 Å².